The Kier molecular flexibility index (Phi) is 7.59. The van der Waals surface area contributed by atoms with Crippen molar-refractivity contribution in [2.24, 2.45) is 0 Å². The molecule has 0 aromatic heterocycles. The smallest absolute Gasteiger partial charge is 0.188 e. The van der Waals surface area contributed by atoms with Crippen LogP contribution in [0.1, 0.15) is 58.6 Å². The zero-order valence-electron chi connectivity index (χ0n) is 19.2. The third-order valence-corrected chi connectivity index (χ3v) is 11.4. The minimum Gasteiger partial charge on any atom is -0.242 e. The molecule has 0 spiro atoms. The lowest BCUT2D eigenvalue weighted by atomic mass is 9.90. The fraction of sp³-hybridized carbons (Fsp3) is 0.500. The molecule has 0 bridgehead atoms. The average Bonchev–Trinajstić information content (AvgIpc) is 2.76. The number of hydrogen-bond donors (Lipinski definition) is 0. The second-order valence-electron chi connectivity index (χ2n) is 9.63. The molecule has 3 atom stereocenters. The molecule has 3 rings (SSSR count). The van der Waals surface area contributed by atoms with Gasteiger partial charge in [0.1, 0.15) is 10.6 Å². The van der Waals surface area contributed by atoms with Crippen molar-refractivity contribution >= 4 is 43.4 Å². The van der Waals surface area contributed by atoms with Gasteiger partial charge in [0.05, 0.1) is 20.6 Å². The van der Waals surface area contributed by atoms with E-state index in [-0.39, 0.29) is 17.4 Å². The van der Waals surface area contributed by atoms with E-state index in [4.69, 9.17) is 0 Å². The maximum Gasteiger partial charge on any atom is 0.188 e. The van der Waals surface area contributed by atoms with Gasteiger partial charge in [0.2, 0.25) is 0 Å². The van der Waals surface area contributed by atoms with Crippen molar-refractivity contribution in [3.05, 3.63) is 63.0 Å². The first-order chi connectivity index (χ1) is 14.8. The summed E-state index contributed by atoms with van der Waals surface area (Å²) in [6.45, 7) is 10.0. The maximum atomic E-state index is 14.0. The van der Waals surface area contributed by atoms with E-state index >= 15 is 0 Å². The lowest BCUT2D eigenvalue weighted by molar-refractivity contribution is 0.320. The molecule has 0 N–H and O–H groups in total. The number of nitrogens with zero attached hydrogens (tertiary/aromatic N) is 1. The topological polar surface area (TPSA) is 54.5 Å². The summed E-state index contributed by atoms with van der Waals surface area (Å²) >= 11 is 2.25. The second-order valence-corrected chi connectivity index (χ2v) is 15.4. The lowest BCUT2D eigenvalue weighted by Crippen LogP contribution is -2.45. The number of aryl methyl sites for hydroxylation is 1. The molecular formula is C24H31FINO3S2. The van der Waals surface area contributed by atoms with Crippen molar-refractivity contribution in [2.45, 2.75) is 74.3 Å². The SMILES string of the molecule is C[C@H]1CCc2cc(I)ccc2[C@](C)(S(=O)(=O)c2ccc(F)cc2)CCN1S(=O)C(C)(C)C. The number of sulfone groups is 1. The molecule has 1 aliphatic rings. The van der Waals surface area contributed by atoms with Crippen LogP contribution in [-0.4, -0.2) is 34.3 Å². The summed E-state index contributed by atoms with van der Waals surface area (Å²) < 4.78 is 56.1. The Morgan fingerprint density at radius 2 is 1.78 bits per heavy atom. The van der Waals surface area contributed by atoms with Crippen LogP contribution in [0.2, 0.25) is 0 Å². The minimum atomic E-state index is -3.86. The molecule has 0 aliphatic carbocycles. The summed E-state index contributed by atoms with van der Waals surface area (Å²) in [4.78, 5) is 0.0988. The fourth-order valence-electron chi connectivity index (χ4n) is 4.22. The highest BCUT2D eigenvalue weighted by Gasteiger charge is 2.45. The molecule has 0 amide bonds. The van der Waals surface area contributed by atoms with E-state index in [2.05, 4.69) is 35.6 Å². The first-order valence-electron chi connectivity index (χ1n) is 10.7. The predicted octanol–water partition coefficient (Wildman–Crippen LogP) is 5.61. The summed E-state index contributed by atoms with van der Waals surface area (Å²) in [5.41, 5.74) is 1.78. The van der Waals surface area contributed by atoms with Gasteiger partial charge in [0, 0.05) is 16.2 Å². The van der Waals surface area contributed by atoms with E-state index in [0.717, 1.165) is 21.1 Å². The van der Waals surface area contributed by atoms with Crippen LogP contribution in [0.3, 0.4) is 0 Å². The molecular weight excluding hydrogens is 560 g/mol. The van der Waals surface area contributed by atoms with Gasteiger partial charge < -0.3 is 0 Å². The number of hydrogen-bond acceptors (Lipinski definition) is 3. The Hall–Kier alpha value is -0.840. The standard InChI is InChI=1S/C24H31FINO3S2/c1-17-6-7-18-16-20(26)10-13-22(18)24(5,14-15-27(17)31(28)23(2,3)4)32(29,30)21-11-8-19(25)9-12-21/h8-13,16-17H,6-7,14-15H2,1-5H3/t17-,24+,31?/m0/s1. The minimum absolute atomic E-state index is 0.0386. The number of benzene rings is 2. The van der Waals surface area contributed by atoms with Crippen molar-refractivity contribution in [1.29, 1.82) is 0 Å². The number of fused-ring (bicyclic) bond motifs is 1. The van der Waals surface area contributed by atoms with Crippen LogP contribution in [0.15, 0.2) is 47.4 Å². The van der Waals surface area contributed by atoms with Gasteiger partial charge in [0.15, 0.2) is 9.84 Å². The molecule has 176 valence electrons. The zero-order valence-corrected chi connectivity index (χ0v) is 23.0. The van der Waals surface area contributed by atoms with Gasteiger partial charge >= 0.3 is 0 Å². The normalized spacial score (nSPS) is 24.2. The van der Waals surface area contributed by atoms with Crippen LogP contribution in [0.4, 0.5) is 4.39 Å². The van der Waals surface area contributed by atoms with Gasteiger partial charge in [-0.25, -0.2) is 21.3 Å². The molecule has 8 heteroatoms. The van der Waals surface area contributed by atoms with E-state index in [1.165, 1.54) is 24.3 Å². The Morgan fingerprint density at radius 1 is 1.16 bits per heavy atom. The molecule has 0 radical (unpaired) electrons. The first-order valence-corrected chi connectivity index (χ1v) is 14.4. The molecule has 2 aromatic rings. The van der Waals surface area contributed by atoms with Crippen molar-refractivity contribution in [3.8, 4) is 0 Å². The van der Waals surface area contributed by atoms with E-state index in [1.54, 1.807) is 6.92 Å². The summed E-state index contributed by atoms with van der Waals surface area (Å²) in [6, 6.07) is 11.0. The molecule has 0 fully saturated rings. The van der Waals surface area contributed by atoms with Gasteiger partial charge in [-0.3, -0.25) is 0 Å². The average molecular weight is 592 g/mol. The molecule has 0 saturated carbocycles. The highest BCUT2D eigenvalue weighted by Crippen LogP contribution is 2.42. The molecule has 1 heterocycles. The summed E-state index contributed by atoms with van der Waals surface area (Å²) in [7, 11) is -5.13. The fourth-order valence-corrected chi connectivity index (χ4v) is 8.03. The highest BCUT2D eigenvalue weighted by molar-refractivity contribution is 14.1. The van der Waals surface area contributed by atoms with E-state index in [9.17, 15) is 17.0 Å². The highest BCUT2D eigenvalue weighted by atomic mass is 127. The zero-order chi connectivity index (χ0) is 23.9. The number of halogens is 2. The number of rotatable bonds is 3. The van der Waals surface area contributed by atoms with Crippen molar-refractivity contribution < 1.29 is 17.0 Å². The van der Waals surface area contributed by atoms with E-state index < -0.39 is 36.1 Å². The van der Waals surface area contributed by atoms with Crippen LogP contribution >= 0.6 is 22.6 Å². The third kappa shape index (κ3) is 4.98. The molecule has 1 unspecified atom stereocenters. The van der Waals surface area contributed by atoms with Gasteiger partial charge in [-0.05, 0) is 124 Å². The van der Waals surface area contributed by atoms with E-state index in [0.29, 0.717) is 13.0 Å². The van der Waals surface area contributed by atoms with Crippen molar-refractivity contribution in [3.63, 3.8) is 0 Å². The second kappa shape index (κ2) is 9.43. The molecule has 32 heavy (non-hydrogen) atoms. The Balaban J connectivity index is 2.18. The van der Waals surface area contributed by atoms with E-state index in [1.807, 2.05) is 37.2 Å². The Labute approximate surface area is 207 Å². The molecule has 4 nitrogen and oxygen atoms in total. The van der Waals surface area contributed by atoms with Crippen LogP contribution in [0, 0.1) is 9.39 Å². The Bertz CT molecular complexity index is 1110. The monoisotopic (exact) mass is 591 g/mol. The summed E-state index contributed by atoms with van der Waals surface area (Å²) in [6.07, 6.45) is 1.76. The van der Waals surface area contributed by atoms with Gasteiger partial charge in [0.25, 0.3) is 0 Å². The predicted molar refractivity (Wildman–Crippen MR) is 137 cm³/mol. The quantitative estimate of drug-likeness (QED) is 0.345. The van der Waals surface area contributed by atoms with Crippen LogP contribution in [0.25, 0.3) is 0 Å². The summed E-state index contributed by atoms with van der Waals surface area (Å²) in [5, 5.41) is 0. The van der Waals surface area contributed by atoms with Crippen LogP contribution < -0.4 is 0 Å². The largest absolute Gasteiger partial charge is 0.242 e. The molecule has 2 aromatic carbocycles. The summed E-state index contributed by atoms with van der Waals surface area (Å²) in [5.74, 6) is -0.473. The molecule has 1 aliphatic heterocycles. The van der Waals surface area contributed by atoms with Gasteiger partial charge in [-0.2, -0.15) is 0 Å². The van der Waals surface area contributed by atoms with Crippen LogP contribution in [0.5, 0.6) is 0 Å². The maximum absolute atomic E-state index is 14.0. The third-order valence-electron chi connectivity index (χ3n) is 6.22. The van der Waals surface area contributed by atoms with Crippen molar-refractivity contribution in [2.75, 3.05) is 6.54 Å². The molecule has 0 saturated heterocycles. The Morgan fingerprint density at radius 3 is 2.38 bits per heavy atom. The lowest BCUT2D eigenvalue weighted by Gasteiger charge is -2.36. The van der Waals surface area contributed by atoms with Gasteiger partial charge in [-0.1, -0.05) is 6.07 Å². The van der Waals surface area contributed by atoms with Gasteiger partial charge in [-0.15, -0.1) is 0 Å². The first kappa shape index (κ1) is 25.8. The van der Waals surface area contributed by atoms with Crippen LogP contribution in [-0.2, 0) is 32.0 Å². The van der Waals surface area contributed by atoms with Crippen molar-refractivity contribution in [1.82, 2.24) is 4.31 Å².